The van der Waals surface area contributed by atoms with E-state index >= 15 is 0 Å². The standard InChI is InChI=1S/C13H13BrO2/c14-11-3-1-2-10(7-11)13(16)8-12(15)6-9-4-5-9/h1-3,7,9H,4-6,8H2. The molecule has 1 aliphatic rings. The Hall–Kier alpha value is -0.960. The van der Waals surface area contributed by atoms with Gasteiger partial charge in [-0.25, -0.2) is 0 Å². The Balaban J connectivity index is 1.93. The third kappa shape index (κ3) is 3.27. The summed E-state index contributed by atoms with van der Waals surface area (Å²) < 4.78 is 0.869. The number of carbonyl (C=O) groups excluding carboxylic acids is 2. The van der Waals surface area contributed by atoms with Gasteiger partial charge in [-0.1, -0.05) is 28.1 Å². The van der Waals surface area contributed by atoms with Gasteiger partial charge in [0.2, 0.25) is 0 Å². The summed E-state index contributed by atoms with van der Waals surface area (Å²) in [6, 6.07) is 7.18. The first kappa shape index (κ1) is 11.5. The lowest BCUT2D eigenvalue weighted by Crippen LogP contribution is -2.08. The molecule has 0 atom stereocenters. The fourth-order valence-corrected chi connectivity index (χ4v) is 2.06. The lowest BCUT2D eigenvalue weighted by molar-refractivity contribution is -0.118. The van der Waals surface area contributed by atoms with E-state index in [0.29, 0.717) is 17.9 Å². The van der Waals surface area contributed by atoms with Crippen LogP contribution in [0.3, 0.4) is 0 Å². The predicted octanol–water partition coefficient (Wildman–Crippen LogP) is 3.39. The van der Waals surface area contributed by atoms with Crippen molar-refractivity contribution in [3.8, 4) is 0 Å². The van der Waals surface area contributed by atoms with Gasteiger partial charge >= 0.3 is 0 Å². The summed E-state index contributed by atoms with van der Waals surface area (Å²) in [4.78, 5) is 23.3. The molecule has 0 amide bonds. The number of carbonyl (C=O) groups is 2. The van der Waals surface area contributed by atoms with Gasteiger partial charge in [-0.2, -0.15) is 0 Å². The summed E-state index contributed by atoms with van der Waals surface area (Å²) in [5, 5.41) is 0. The molecule has 1 aliphatic carbocycles. The molecule has 0 saturated heterocycles. The molecule has 0 heterocycles. The summed E-state index contributed by atoms with van der Waals surface area (Å²) in [7, 11) is 0. The Kier molecular flexibility index (Phi) is 3.54. The van der Waals surface area contributed by atoms with E-state index in [4.69, 9.17) is 0 Å². The van der Waals surface area contributed by atoms with Crippen molar-refractivity contribution in [1.29, 1.82) is 0 Å². The first-order valence-electron chi connectivity index (χ1n) is 5.45. The molecule has 2 nitrogen and oxygen atoms in total. The maximum absolute atomic E-state index is 11.8. The fourth-order valence-electron chi connectivity index (χ4n) is 1.66. The minimum absolute atomic E-state index is 0.0486. The van der Waals surface area contributed by atoms with E-state index in [1.807, 2.05) is 12.1 Å². The second-order valence-corrected chi connectivity index (χ2v) is 5.21. The van der Waals surface area contributed by atoms with Crippen molar-refractivity contribution in [1.82, 2.24) is 0 Å². The molecule has 0 N–H and O–H groups in total. The number of halogens is 1. The van der Waals surface area contributed by atoms with Crippen LogP contribution in [-0.2, 0) is 4.79 Å². The lowest BCUT2D eigenvalue weighted by atomic mass is 10.0. The highest BCUT2D eigenvalue weighted by molar-refractivity contribution is 9.10. The van der Waals surface area contributed by atoms with Gasteiger partial charge in [0.25, 0.3) is 0 Å². The quantitative estimate of drug-likeness (QED) is 0.612. The molecule has 0 radical (unpaired) electrons. The van der Waals surface area contributed by atoms with Gasteiger partial charge < -0.3 is 0 Å². The fraction of sp³-hybridized carbons (Fsp3) is 0.385. The van der Waals surface area contributed by atoms with E-state index in [0.717, 1.165) is 17.3 Å². The third-order valence-corrected chi connectivity index (χ3v) is 3.21. The summed E-state index contributed by atoms with van der Waals surface area (Å²) in [5.41, 5.74) is 0.610. The van der Waals surface area contributed by atoms with Gasteiger partial charge in [-0.3, -0.25) is 9.59 Å². The maximum Gasteiger partial charge on any atom is 0.170 e. The molecule has 2 rings (SSSR count). The molecule has 1 fully saturated rings. The van der Waals surface area contributed by atoms with Crippen molar-refractivity contribution in [2.24, 2.45) is 5.92 Å². The molecule has 0 aliphatic heterocycles. The van der Waals surface area contributed by atoms with Crippen LogP contribution in [0.1, 0.15) is 36.0 Å². The Morgan fingerprint density at radius 3 is 2.69 bits per heavy atom. The zero-order chi connectivity index (χ0) is 11.5. The molecule has 84 valence electrons. The average Bonchev–Trinajstić information content (AvgIpc) is 3.01. The Bertz CT molecular complexity index is 422. The number of hydrogen-bond acceptors (Lipinski definition) is 2. The third-order valence-electron chi connectivity index (χ3n) is 2.72. The number of benzene rings is 1. The average molecular weight is 281 g/mol. The molecular formula is C13H13BrO2. The minimum Gasteiger partial charge on any atom is -0.299 e. The number of rotatable bonds is 5. The van der Waals surface area contributed by atoms with Crippen LogP contribution in [0.2, 0.25) is 0 Å². The van der Waals surface area contributed by atoms with Crippen molar-refractivity contribution < 1.29 is 9.59 Å². The Morgan fingerprint density at radius 2 is 2.06 bits per heavy atom. The van der Waals surface area contributed by atoms with Crippen LogP contribution >= 0.6 is 15.9 Å². The van der Waals surface area contributed by atoms with Crippen LogP contribution in [0.15, 0.2) is 28.7 Å². The molecule has 1 aromatic carbocycles. The predicted molar refractivity (Wildman–Crippen MR) is 65.4 cm³/mol. The zero-order valence-electron chi connectivity index (χ0n) is 8.91. The smallest absolute Gasteiger partial charge is 0.170 e. The van der Waals surface area contributed by atoms with Crippen LogP contribution in [0.25, 0.3) is 0 Å². The highest BCUT2D eigenvalue weighted by Gasteiger charge is 2.25. The molecule has 0 bridgehead atoms. The Morgan fingerprint density at radius 1 is 1.31 bits per heavy atom. The molecule has 16 heavy (non-hydrogen) atoms. The van der Waals surface area contributed by atoms with Gasteiger partial charge in [-0.05, 0) is 30.9 Å². The van der Waals surface area contributed by atoms with Crippen molar-refractivity contribution in [3.05, 3.63) is 34.3 Å². The van der Waals surface area contributed by atoms with Gasteiger partial charge in [0, 0.05) is 16.5 Å². The van der Waals surface area contributed by atoms with Crippen molar-refractivity contribution in [2.75, 3.05) is 0 Å². The first-order chi connectivity index (χ1) is 7.65. The monoisotopic (exact) mass is 280 g/mol. The molecular weight excluding hydrogens is 268 g/mol. The van der Waals surface area contributed by atoms with E-state index in [1.54, 1.807) is 12.1 Å². The normalized spacial score (nSPS) is 14.8. The largest absolute Gasteiger partial charge is 0.299 e. The van der Waals surface area contributed by atoms with Crippen LogP contribution in [0.4, 0.5) is 0 Å². The number of hydrogen-bond donors (Lipinski definition) is 0. The van der Waals surface area contributed by atoms with Gasteiger partial charge in [0.05, 0.1) is 6.42 Å². The van der Waals surface area contributed by atoms with E-state index < -0.39 is 0 Å². The van der Waals surface area contributed by atoms with E-state index in [9.17, 15) is 9.59 Å². The molecule has 0 unspecified atom stereocenters. The van der Waals surface area contributed by atoms with E-state index in [-0.39, 0.29) is 18.0 Å². The summed E-state index contributed by atoms with van der Waals surface area (Å²) >= 11 is 3.31. The highest BCUT2D eigenvalue weighted by atomic mass is 79.9. The Labute approximate surface area is 103 Å². The molecule has 0 aromatic heterocycles. The molecule has 1 aromatic rings. The summed E-state index contributed by atoms with van der Waals surface area (Å²) in [6.45, 7) is 0. The molecule has 0 spiro atoms. The SMILES string of the molecule is O=C(CC(=O)c1cccc(Br)c1)CC1CC1. The van der Waals surface area contributed by atoms with Crippen LogP contribution in [0, 0.1) is 5.92 Å². The van der Waals surface area contributed by atoms with E-state index in [2.05, 4.69) is 15.9 Å². The second-order valence-electron chi connectivity index (χ2n) is 4.30. The van der Waals surface area contributed by atoms with E-state index in [1.165, 1.54) is 0 Å². The number of ketones is 2. The van der Waals surface area contributed by atoms with Crippen molar-refractivity contribution in [3.63, 3.8) is 0 Å². The minimum atomic E-state index is -0.0769. The topological polar surface area (TPSA) is 34.1 Å². The van der Waals surface area contributed by atoms with Crippen molar-refractivity contribution >= 4 is 27.5 Å². The lowest BCUT2D eigenvalue weighted by Gasteiger charge is -2.01. The van der Waals surface area contributed by atoms with Crippen LogP contribution in [0.5, 0.6) is 0 Å². The summed E-state index contributed by atoms with van der Waals surface area (Å²) in [6.07, 6.45) is 2.93. The highest BCUT2D eigenvalue weighted by Crippen LogP contribution is 2.32. The zero-order valence-corrected chi connectivity index (χ0v) is 10.5. The maximum atomic E-state index is 11.8. The van der Waals surface area contributed by atoms with Crippen LogP contribution in [-0.4, -0.2) is 11.6 Å². The van der Waals surface area contributed by atoms with Crippen LogP contribution < -0.4 is 0 Å². The first-order valence-corrected chi connectivity index (χ1v) is 6.25. The van der Waals surface area contributed by atoms with Crippen molar-refractivity contribution in [2.45, 2.75) is 25.7 Å². The summed E-state index contributed by atoms with van der Waals surface area (Å²) in [5.74, 6) is 0.558. The number of Topliss-reactive ketones (excluding diaryl/α,β-unsaturated/α-hetero) is 2. The van der Waals surface area contributed by atoms with Gasteiger partial charge in [0.15, 0.2) is 5.78 Å². The molecule has 1 saturated carbocycles. The van der Waals surface area contributed by atoms with Gasteiger partial charge in [0.1, 0.15) is 5.78 Å². The molecule has 3 heteroatoms. The second kappa shape index (κ2) is 4.91. The van der Waals surface area contributed by atoms with Gasteiger partial charge in [-0.15, -0.1) is 0 Å².